The lowest BCUT2D eigenvalue weighted by molar-refractivity contribution is -0.142. The fourth-order valence-corrected chi connectivity index (χ4v) is 3.94. The summed E-state index contributed by atoms with van der Waals surface area (Å²) in [5.74, 6) is -4.58. The van der Waals surface area contributed by atoms with Gasteiger partial charge >= 0.3 is 5.97 Å². The standard InChI is InChI=1S/C26H38N10O7/c27-17(11-15-12-31-13-33-15)22(39)34-19(7-8-21(28)38)24(41)35-18(2-1-9-32-26(29)30)23(40)36-20(25(42)43)10-14-3-5-16(37)6-4-14/h3-6,12-13,17-20,37H,1-2,7-11,27H2,(H2,28,38)(H,31,33)(H,34,39)(H,35,41)(H,36,40)(H,42,43)(H4,29,30,32). The van der Waals surface area contributed by atoms with Crippen LogP contribution < -0.4 is 38.9 Å². The van der Waals surface area contributed by atoms with Gasteiger partial charge in [-0.1, -0.05) is 12.1 Å². The fraction of sp³-hybridized carbons (Fsp3) is 0.423. The predicted octanol–water partition coefficient (Wildman–Crippen LogP) is -2.91. The molecule has 0 aliphatic carbocycles. The van der Waals surface area contributed by atoms with E-state index in [1.165, 1.54) is 36.8 Å². The number of carboxylic acid groups (broad SMARTS) is 1. The molecular formula is C26H38N10O7. The van der Waals surface area contributed by atoms with E-state index in [9.17, 15) is 34.2 Å². The van der Waals surface area contributed by atoms with Crippen LogP contribution in [-0.4, -0.2) is 86.5 Å². The number of benzene rings is 1. The average molecular weight is 603 g/mol. The van der Waals surface area contributed by atoms with Crippen LogP contribution in [0.1, 0.15) is 36.9 Å². The van der Waals surface area contributed by atoms with Gasteiger partial charge in [-0.15, -0.1) is 0 Å². The smallest absolute Gasteiger partial charge is 0.326 e. The second-order valence-electron chi connectivity index (χ2n) is 9.73. The molecule has 0 radical (unpaired) electrons. The number of nitrogens with two attached hydrogens (primary N) is 4. The van der Waals surface area contributed by atoms with Crippen molar-refractivity contribution >= 4 is 35.6 Å². The minimum Gasteiger partial charge on any atom is -0.508 e. The van der Waals surface area contributed by atoms with E-state index in [-0.39, 0.29) is 56.8 Å². The Kier molecular flexibility index (Phi) is 13.4. The Labute approximate surface area is 246 Å². The number of primary amides is 1. The third kappa shape index (κ3) is 12.5. The van der Waals surface area contributed by atoms with Gasteiger partial charge in [0, 0.05) is 37.7 Å². The first-order chi connectivity index (χ1) is 20.3. The molecule has 4 unspecified atom stereocenters. The number of aromatic nitrogens is 2. The SMILES string of the molecule is NC(=O)CCC(NC(=O)C(N)Cc1cnc[nH]1)C(=O)NC(CCCN=C(N)N)C(=O)NC(Cc1ccc(O)cc1)C(=O)O. The van der Waals surface area contributed by atoms with Crippen LogP contribution in [-0.2, 0) is 36.8 Å². The highest BCUT2D eigenvalue weighted by molar-refractivity contribution is 5.94. The number of hydrogen-bond acceptors (Lipinski definition) is 9. The average Bonchev–Trinajstić information content (AvgIpc) is 3.45. The molecule has 0 spiro atoms. The van der Waals surface area contributed by atoms with Crippen LogP contribution in [0, 0.1) is 0 Å². The summed E-state index contributed by atoms with van der Waals surface area (Å²) in [6.07, 6.45) is 2.65. The molecule has 0 fully saturated rings. The number of aliphatic carboxylic acids is 1. The van der Waals surface area contributed by atoms with Gasteiger partial charge in [-0.2, -0.15) is 0 Å². The van der Waals surface area contributed by atoms with Gasteiger partial charge in [-0.05, 0) is 37.0 Å². The van der Waals surface area contributed by atoms with Crippen molar-refractivity contribution in [2.24, 2.45) is 27.9 Å². The van der Waals surface area contributed by atoms with Crippen molar-refractivity contribution in [3.8, 4) is 5.75 Å². The number of aromatic hydroxyl groups is 1. The number of phenols is 1. The number of hydrogen-bond donors (Lipinski definition) is 10. The molecule has 1 aromatic carbocycles. The Hall–Kier alpha value is -5.19. The molecule has 2 aromatic rings. The van der Waals surface area contributed by atoms with E-state index in [0.717, 1.165) is 0 Å². The summed E-state index contributed by atoms with van der Waals surface area (Å²) in [6, 6.07) is 0.764. The van der Waals surface area contributed by atoms with E-state index in [2.05, 4.69) is 30.9 Å². The quantitative estimate of drug-likeness (QED) is 0.0468. The number of rotatable bonds is 18. The summed E-state index contributed by atoms with van der Waals surface area (Å²) in [4.78, 5) is 73.2. The summed E-state index contributed by atoms with van der Waals surface area (Å²) in [6.45, 7) is 0.113. The Morgan fingerprint density at radius 2 is 1.49 bits per heavy atom. The Morgan fingerprint density at radius 3 is 2.05 bits per heavy atom. The van der Waals surface area contributed by atoms with E-state index in [1.807, 2.05) is 0 Å². The zero-order valence-corrected chi connectivity index (χ0v) is 23.4. The molecule has 0 aliphatic heterocycles. The maximum absolute atomic E-state index is 13.3. The number of carbonyl (C=O) groups excluding carboxylic acids is 4. The Morgan fingerprint density at radius 1 is 0.884 bits per heavy atom. The normalized spacial score (nSPS) is 13.5. The van der Waals surface area contributed by atoms with Crippen LogP contribution in [0.15, 0.2) is 41.8 Å². The number of imidazole rings is 1. The molecule has 17 heteroatoms. The number of carboxylic acids is 1. The van der Waals surface area contributed by atoms with Gasteiger partial charge in [0.15, 0.2) is 5.96 Å². The van der Waals surface area contributed by atoms with Gasteiger partial charge in [0.05, 0.1) is 12.4 Å². The maximum atomic E-state index is 13.3. The van der Waals surface area contributed by atoms with Crippen molar-refractivity contribution in [3.63, 3.8) is 0 Å². The highest BCUT2D eigenvalue weighted by Gasteiger charge is 2.30. The van der Waals surface area contributed by atoms with Crippen LogP contribution in [0.25, 0.3) is 0 Å². The van der Waals surface area contributed by atoms with Gasteiger partial charge < -0.3 is 54.1 Å². The van der Waals surface area contributed by atoms with Crippen molar-refractivity contribution < 1.29 is 34.2 Å². The molecule has 0 aliphatic rings. The number of nitrogens with zero attached hydrogens (tertiary/aromatic N) is 2. The van der Waals surface area contributed by atoms with Crippen molar-refractivity contribution in [1.29, 1.82) is 0 Å². The molecule has 1 aromatic heterocycles. The summed E-state index contributed by atoms with van der Waals surface area (Å²) in [5.41, 5.74) is 23.0. The molecule has 14 N–H and O–H groups in total. The first-order valence-electron chi connectivity index (χ1n) is 13.3. The topological polar surface area (TPSA) is 307 Å². The van der Waals surface area contributed by atoms with Gasteiger partial charge in [0.25, 0.3) is 0 Å². The molecule has 234 valence electrons. The molecule has 0 saturated heterocycles. The maximum Gasteiger partial charge on any atom is 0.326 e. The van der Waals surface area contributed by atoms with E-state index in [0.29, 0.717) is 11.3 Å². The van der Waals surface area contributed by atoms with Crippen molar-refractivity contribution in [3.05, 3.63) is 48.0 Å². The second-order valence-corrected chi connectivity index (χ2v) is 9.73. The number of guanidine groups is 1. The highest BCUT2D eigenvalue weighted by atomic mass is 16.4. The largest absolute Gasteiger partial charge is 0.508 e. The van der Waals surface area contributed by atoms with Gasteiger partial charge in [0.2, 0.25) is 23.6 Å². The third-order valence-corrected chi connectivity index (χ3v) is 6.21. The minimum absolute atomic E-state index is 0.00424. The monoisotopic (exact) mass is 602 g/mol. The predicted molar refractivity (Wildman–Crippen MR) is 154 cm³/mol. The zero-order valence-electron chi connectivity index (χ0n) is 23.4. The van der Waals surface area contributed by atoms with Gasteiger partial charge in [0.1, 0.15) is 23.9 Å². The van der Waals surface area contributed by atoms with E-state index in [4.69, 9.17) is 22.9 Å². The molecule has 1 heterocycles. The molecular weight excluding hydrogens is 564 g/mol. The molecule has 4 amide bonds. The molecule has 2 rings (SSSR count). The summed E-state index contributed by atoms with van der Waals surface area (Å²) < 4.78 is 0. The van der Waals surface area contributed by atoms with Crippen molar-refractivity contribution in [1.82, 2.24) is 25.9 Å². The van der Waals surface area contributed by atoms with E-state index < -0.39 is 53.8 Å². The zero-order chi connectivity index (χ0) is 31.9. The Bertz CT molecular complexity index is 1260. The molecule has 0 bridgehead atoms. The first-order valence-corrected chi connectivity index (χ1v) is 13.3. The van der Waals surface area contributed by atoms with E-state index >= 15 is 0 Å². The second kappa shape index (κ2) is 16.9. The van der Waals surface area contributed by atoms with Crippen LogP contribution in [0.3, 0.4) is 0 Å². The number of aliphatic imine (C=N–C) groups is 1. The van der Waals surface area contributed by atoms with Gasteiger partial charge in [-0.25, -0.2) is 9.78 Å². The van der Waals surface area contributed by atoms with E-state index in [1.54, 1.807) is 0 Å². The molecule has 0 saturated carbocycles. The minimum atomic E-state index is -1.38. The highest BCUT2D eigenvalue weighted by Crippen LogP contribution is 2.12. The number of amides is 4. The van der Waals surface area contributed by atoms with Crippen LogP contribution in [0.2, 0.25) is 0 Å². The number of aromatic amines is 1. The lowest BCUT2D eigenvalue weighted by Crippen LogP contribution is -2.57. The molecule has 4 atom stereocenters. The summed E-state index contributed by atoms with van der Waals surface area (Å²) >= 11 is 0. The van der Waals surface area contributed by atoms with Crippen molar-refractivity contribution in [2.75, 3.05) is 6.54 Å². The summed E-state index contributed by atoms with van der Waals surface area (Å²) in [7, 11) is 0. The fourth-order valence-electron chi connectivity index (χ4n) is 3.94. The van der Waals surface area contributed by atoms with Crippen LogP contribution in [0.4, 0.5) is 0 Å². The molecule has 43 heavy (non-hydrogen) atoms. The first kappa shape index (κ1) is 34.0. The number of nitrogens with one attached hydrogen (secondary N) is 4. The lowest BCUT2D eigenvalue weighted by atomic mass is 10.0. The van der Waals surface area contributed by atoms with Crippen LogP contribution in [0.5, 0.6) is 5.75 Å². The number of phenolic OH excluding ortho intramolecular Hbond substituents is 1. The van der Waals surface area contributed by atoms with Crippen molar-refractivity contribution in [2.45, 2.75) is 62.7 Å². The van der Waals surface area contributed by atoms with Crippen LogP contribution >= 0.6 is 0 Å². The third-order valence-electron chi connectivity index (χ3n) is 6.21. The molecule has 17 nitrogen and oxygen atoms in total. The lowest BCUT2D eigenvalue weighted by Gasteiger charge is -2.25. The number of carbonyl (C=O) groups is 5. The Balaban J connectivity index is 2.19. The van der Waals surface area contributed by atoms with Gasteiger partial charge in [-0.3, -0.25) is 24.2 Å². The summed E-state index contributed by atoms with van der Waals surface area (Å²) in [5, 5.41) is 26.6. The number of H-pyrrole nitrogens is 1.